The number of nitrogens with zero attached hydrogens (tertiary/aromatic N) is 3. The highest BCUT2D eigenvalue weighted by Crippen LogP contribution is 2.23. The average Bonchev–Trinajstić information content (AvgIpc) is 3.11. The van der Waals surface area contributed by atoms with E-state index in [1.165, 1.54) is 23.4 Å². The van der Waals surface area contributed by atoms with E-state index in [4.69, 9.17) is 0 Å². The summed E-state index contributed by atoms with van der Waals surface area (Å²) in [5.41, 5.74) is 3.61. The van der Waals surface area contributed by atoms with Crippen LogP contribution in [0.15, 0.2) is 47.4 Å². The molecule has 0 atom stereocenters. The van der Waals surface area contributed by atoms with Crippen molar-refractivity contribution in [1.82, 2.24) is 14.3 Å². The van der Waals surface area contributed by atoms with Gasteiger partial charge in [-0.15, -0.1) is 0 Å². The predicted octanol–water partition coefficient (Wildman–Crippen LogP) is 2.34. The Morgan fingerprint density at radius 2 is 1.76 bits per heavy atom. The normalized spacial score (nSPS) is 15.6. The summed E-state index contributed by atoms with van der Waals surface area (Å²) in [5.74, 6) is 0.569. The number of hydrogen-bond donors (Lipinski definition) is 2. The van der Waals surface area contributed by atoms with Crippen molar-refractivity contribution < 1.29 is 13.2 Å². The van der Waals surface area contributed by atoms with Crippen molar-refractivity contribution in [1.29, 1.82) is 0 Å². The van der Waals surface area contributed by atoms with Crippen molar-refractivity contribution in [2.75, 3.05) is 36.4 Å². The van der Waals surface area contributed by atoms with Gasteiger partial charge in [-0.25, -0.2) is 13.4 Å². The van der Waals surface area contributed by atoms with Gasteiger partial charge in [-0.2, -0.15) is 4.31 Å². The number of anilines is 2. The zero-order chi connectivity index (χ0) is 20.6. The summed E-state index contributed by atoms with van der Waals surface area (Å²) in [6.07, 6.45) is 0. The minimum absolute atomic E-state index is 0.197. The summed E-state index contributed by atoms with van der Waals surface area (Å²) in [5, 5.41) is 2.64. The lowest BCUT2D eigenvalue weighted by Gasteiger charge is -2.33. The molecule has 2 N–H and O–H groups in total. The van der Waals surface area contributed by atoms with Crippen molar-refractivity contribution in [3.63, 3.8) is 0 Å². The Bertz CT molecular complexity index is 1150. The molecular weight excluding hydrogens is 390 g/mol. The Balaban J connectivity index is 1.45. The van der Waals surface area contributed by atoms with Crippen LogP contribution in [0.2, 0.25) is 0 Å². The van der Waals surface area contributed by atoms with E-state index in [-0.39, 0.29) is 10.8 Å². The van der Waals surface area contributed by atoms with Gasteiger partial charge in [0, 0.05) is 38.8 Å². The molecule has 1 aliphatic rings. The lowest BCUT2D eigenvalue weighted by atomic mass is 10.2. The molecular formula is C20H23N5O3S. The summed E-state index contributed by atoms with van der Waals surface area (Å²) in [4.78, 5) is 21.4. The highest BCUT2D eigenvalue weighted by molar-refractivity contribution is 7.89. The molecule has 8 nitrogen and oxygen atoms in total. The maximum atomic E-state index is 12.9. The van der Waals surface area contributed by atoms with E-state index in [0.29, 0.717) is 31.9 Å². The number of hydrogen-bond acceptors (Lipinski definition) is 5. The van der Waals surface area contributed by atoms with Crippen molar-refractivity contribution in [2.45, 2.75) is 18.7 Å². The van der Waals surface area contributed by atoms with Crippen molar-refractivity contribution in [3.8, 4) is 0 Å². The Kier molecular flexibility index (Phi) is 5.01. The predicted molar refractivity (Wildman–Crippen MR) is 113 cm³/mol. The second-order valence-electron chi connectivity index (χ2n) is 7.18. The third-order valence-electron chi connectivity index (χ3n) is 4.98. The van der Waals surface area contributed by atoms with Crippen LogP contribution in [0, 0.1) is 6.92 Å². The summed E-state index contributed by atoms with van der Waals surface area (Å²) in [7, 11) is -3.58. The van der Waals surface area contributed by atoms with Gasteiger partial charge < -0.3 is 15.2 Å². The molecule has 1 aliphatic heterocycles. The van der Waals surface area contributed by atoms with E-state index in [1.54, 1.807) is 12.1 Å². The number of nitrogens with one attached hydrogen (secondary N) is 2. The van der Waals surface area contributed by atoms with Crippen molar-refractivity contribution >= 4 is 38.6 Å². The van der Waals surface area contributed by atoms with Crippen LogP contribution in [-0.2, 0) is 14.8 Å². The van der Waals surface area contributed by atoms with Crippen LogP contribution in [0.4, 0.5) is 11.6 Å². The fourth-order valence-electron chi connectivity index (χ4n) is 3.46. The van der Waals surface area contributed by atoms with Crippen LogP contribution in [0.1, 0.15) is 12.5 Å². The van der Waals surface area contributed by atoms with Crippen LogP contribution in [0.3, 0.4) is 0 Å². The quantitative estimate of drug-likeness (QED) is 0.684. The molecule has 152 valence electrons. The largest absolute Gasteiger partial charge is 0.340 e. The fourth-order valence-corrected chi connectivity index (χ4v) is 4.88. The van der Waals surface area contributed by atoms with Gasteiger partial charge in [-0.1, -0.05) is 6.07 Å². The van der Waals surface area contributed by atoms with Crippen molar-refractivity contribution in [3.05, 3.63) is 48.0 Å². The number of carbonyl (C=O) groups is 1. The zero-order valence-corrected chi connectivity index (χ0v) is 17.2. The van der Waals surface area contributed by atoms with Crippen LogP contribution in [0.5, 0.6) is 0 Å². The number of sulfonamides is 1. The van der Waals surface area contributed by atoms with E-state index in [0.717, 1.165) is 22.5 Å². The highest BCUT2D eigenvalue weighted by Gasteiger charge is 2.29. The molecule has 0 bridgehead atoms. The molecule has 0 aliphatic carbocycles. The number of imidazole rings is 1. The molecule has 1 saturated heterocycles. The van der Waals surface area contributed by atoms with Gasteiger partial charge in [0.2, 0.25) is 21.9 Å². The number of aromatic amines is 1. The summed E-state index contributed by atoms with van der Waals surface area (Å²) < 4.78 is 27.4. The van der Waals surface area contributed by atoms with E-state index >= 15 is 0 Å². The second kappa shape index (κ2) is 7.49. The first-order valence-electron chi connectivity index (χ1n) is 9.42. The standard InChI is InChI=1S/C20H23N5O3S/c1-14-3-8-18-19(13-14)23-20(22-18)24-9-11-25(12-10-24)29(27,28)17-6-4-16(5-7-17)21-15(2)26/h3-8,13H,9-12H2,1-2H3,(H,21,26)(H,22,23). The molecule has 1 fully saturated rings. The number of carbonyl (C=O) groups excluding carboxylic acids is 1. The Hall–Kier alpha value is -2.91. The first-order valence-corrected chi connectivity index (χ1v) is 10.9. The van der Waals surface area contributed by atoms with E-state index in [9.17, 15) is 13.2 Å². The Labute approximate surface area is 169 Å². The third-order valence-corrected chi connectivity index (χ3v) is 6.89. The molecule has 29 heavy (non-hydrogen) atoms. The van der Waals surface area contributed by atoms with Crippen LogP contribution in [-0.4, -0.2) is 54.8 Å². The highest BCUT2D eigenvalue weighted by atomic mass is 32.2. The summed E-state index contributed by atoms with van der Waals surface area (Å²) in [6, 6.07) is 12.3. The number of H-pyrrole nitrogens is 1. The molecule has 4 rings (SSSR count). The number of aryl methyl sites for hydroxylation is 1. The molecule has 2 heterocycles. The lowest BCUT2D eigenvalue weighted by molar-refractivity contribution is -0.114. The SMILES string of the molecule is CC(=O)Nc1ccc(S(=O)(=O)N2CCN(c3nc4ccc(C)cc4[nH]3)CC2)cc1. The maximum Gasteiger partial charge on any atom is 0.243 e. The number of benzene rings is 2. The summed E-state index contributed by atoms with van der Waals surface area (Å²) >= 11 is 0. The molecule has 3 aromatic rings. The number of fused-ring (bicyclic) bond motifs is 1. The monoisotopic (exact) mass is 413 g/mol. The zero-order valence-electron chi connectivity index (χ0n) is 16.3. The lowest BCUT2D eigenvalue weighted by Crippen LogP contribution is -2.49. The molecule has 1 aromatic heterocycles. The third kappa shape index (κ3) is 3.96. The number of amides is 1. The fraction of sp³-hybridized carbons (Fsp3) is 0.300. The molecule has 0 unspecified atom stereocenters. The van der Waals surface area contributed by atoms with E-state index < -0.39 is 10.0 Å². The number of piperazine rings is 1. The van der Waals surface area contributed by atoms with Gasteiger partial charge in [0.05, 0.1) is 15.9 Å². The molecule has 0 radical (unpaired) electrons. The summed E-state index contributed by atoms with van der Waals surface area (Å²) in [6.45, 7) is 5.32. The smallest absolute Gasteiger partial charge is 0.243 e. The minimum Gasteiger partial charge on any atom is -0.340 e. The molecule has 1 amide bonds. The van der Waals surface area contributed by atoms with Gasteiger partial charge in [0.15, 0.2) is 0 Å². The van der Waals surface area contributed by atoms with Gasteiger partial charge >= 0.3 is 0 Å². The first kappa shape index (κ1) is 19.4. The van der Waals surface area contributed by atoms with Gasteiger partial charge in [-0.3, -0.25) is 4.79 Å². The minimum atomic E-state index is -3.58. The van der Waals surface area contributed by atoms with E-state index in [1.807, 2.05) is 19.1 Å². The average molecular weight is 414 g/mol. The topological polar surface area (TPSA) is 98.4 Å². The molecule has 0 spiro atoms. The molecule has 2 aromatic carbocycles. The number of aromatic nitrogens is 2. The number of rotatable bonds is 4. The van der Waals surface area contributed by atoms with Crippen LogP contribution in [0.25, 0.3) is 11.0 Å². The Morgan fingerprint density at radius 1 is 1.07 bits per heavy atom. The molecule has 9 heteroatoms. The Morgan fingerprint density at radius 3 is 2.41 bits per heavy atom. The van der Waals surface area contributed by atoms with Gasteiger partial charge in [0.1, 0.15) is 0 Å². The first-order chi connectivity index (χ1) is 13.8. The van der Waals surface area contributed by atoms with Crippen LogP contribution >= 0.6 is 0 Å². The van der Waals surface area contributed by atoms with Crippen molar-refractivity contribution in [2.24, 2.45) is 0 Å². The molecule has 0 saturated carbocycles. The van der Waals surface area contributed by atoms with Gasteiger partial charge in [-0.05, 0) is 48.9 Å². The van der Waals surface area contributed by atoms with E-state index in [2.05, 4.69) is 26.3 Å². The van der Waals surface area contributed by atoms with Crippen LogP contribution < -0.4 is 10.2 Å². The second-order valence-corrected chi connectivity index (χ2v) is 9.12. The van der Waals surface area contributed by atoms with Gasteiger partial charge in [0.25, 0.3) is 0 Å². The maximum absolute atomic E-state index is 12.9.